The minimum Gasteiger partial charge on any atom is -0.357 e. The summed E-state index contributed by atoms with van der Waals surface area (Å²) in [6, 6.07) is 9.93. The average Bonchev–Trinajstić information content (AvgIpc) is 3.49. The molecule has 3 aliphatic carbocycles. The molecule has 2 saturated carbocycles. The third kappa shape index (κ3) is 5.24. The minimum atomic E-state index is -1.03. The molecule has 4 N–H and O–H groups in total. The second-order valence-corrected chi connectivity index (χ2v) is 12.8. The van der Waals surface area contributed by atoms with Crippen LogP contribution in [0.2, 0.25) is 0 Å². The first-order chi connectivity index (χ1) is 20.7. The van der Waals surface area contributed by atoms with Gasteiger partial charge in [-0.2, -0.15) is 5.26 Å². The van der Waals surface area contributed by atoms with Gasteiger partial charge in [0.1, 0.15) is 29.0 Å². The van der Waals surface area contributed by atoms with Crippen LogP contribution in [0.3, 0.4) is 0 Å². The summed E-state index contributed by atoms with van der Waals surface area (Å²) in [6.07, 6.45) is 7.63. The van der Waals surface area contributed by atoms with Crippen LogP contribution in [0.4, 0.5) is 10.5 Å². The van der Waals surface area contributed by atoms with Gasteiger partial charge in [0, 0.05) is 51.1 Å². The van der Waals surface area contributed by atoms with Gasteiger partial charge in [-0.05, 0) is 67.0 Å². The monoisotopic (exact) mass is 585 g/mol. The molecule has 5 amide bonds. The van der Waals surface area contributed by atoms with E-state index in [0.29, 0.717) is 43.0 Å². The van der Waals surface area contributed by atoms with Crippen molar-refractivity contribution >= 4 is 29.4 Å². The fourth-order valence-corrected chi connectivity index (χ4v) is 7.27. The van der Waals surface area contributed by atoms with Gasteiger partial charge in [0.25, 0.3) is 5.91 Å². The Kier molecular flexibility index (Phi) is 7.40. The lowest BCUT2D eigenvalue weighted by Crippen LogP contribution is -2.67. The highest BCUT2D eigenvalue weighted by Gasteiger charge is 2.57. The van der Waals surface area contributed by atoms with E-state index in [-0.39, 0.29) is 29.2 Å². The van der Waals surface area contributed by atoms with E-state index in [1.807, 2.05) is 18.2 Å². The summed E-state index contributed by atoms with van der Waals surface area (Å²) in [5.74, 6) is -0.887. The molecule has 2 heterocycles. The Labute approximate surface area is 251 Å². The van der Waals surface area contributed by atoms with Crippen LogP contribution in [0.1, 0.15) is 72.3 Å². The fraction of sp³-hybridized carbons (Fsp3) is 0.531. The number of nitrogens with one attached hydrogen (secondary N) is 4. The summed E-state index contributed by atoms with van der Waals surface area (Å²) < 4.78 is 1.53. The van der Waals surface area contributed by atoms with Gasteiger partial charge in [-0.1, -0.05) is 25.3 Å². The van der Waals surface area contributed by atoms with Gasteiger partial charge in [-0.3, -0.25) is 14.4 Å². The minimum absolute atomic E-state index is 0.00362. The Balaban J connectivity index is 1.22. The predicted molar refractivity (Wildman–Crippen MR) is 159 cm³/mol. The Morgan fingerprint density at radius 1 is 1.07 bits per heavy atom. The third-order valence-corrected chi connectivity index (χ3v) is 10.1. The van der Waals surface area contributed by atoms with Crippen molar-refractivity contribution in [3.63, 3.8) is 0 Å². The van der Waals surface area contributed by atoms with E-state index in [2.05, 4.69) is 27.3 Å². The number of carbonyl (C=O) groups is 4. The Hall–Kier alpha value is -4.33. The molecule has 226 valence electrons. The number of likely N-dealkylation sites (N-methyl/N-ethyl adjacent to an activating group) is 1. The molecule has 4 aliphatic rings. The molecular formula is C32H39N7O4. The molecule has 0 radical (unpaired) electrons. The van der Waals surface area contributed by atoms with Crippen molar-refractivity contribution in [1.82, 2.24) is 25.4 Å². The molecule has 0 bridgehead atoms. The van der Waals surface area contributed by atoms with E-state index in [1.54, 1.807) is 31.1 Å². The number of rotatable bonds is 7. The topological polar surface area (TPSA) is 148 Å². The number of urea groups is 1. The van der Waals surface area contributed by atoms with E-state index >= 15 is 0 Å². The van der Waals surface area contributed by atoms with Crippen LogP contribution in [0.25, 0.3) is 0 Å². The first kappa shape index (κ1) is 28.8. The zero-order chi connectivity index (χ0) is 30.4. The lowest BCUT2D eigenvalue weighted by molar-refractivity contribution is -0.131. The van der Waals surface area contributed by atoms with Crippen LogP contribution >= 0.6 is 0 Å². The highest BCUT2D eigenvalue weighted by atomic mass is 16.2. The quantitative estimate of drug-likeness (QED) is 0.394. The maximum atomic E-state index is 13.8. The first-order valence-corrected chi connectivity index (χ1v) is 15.3. The van der Waals surface area contributed by atoms with Crippen molar-refractivity contribution in [2.75, 3.05) is 25.5 Å². The number of anilines is 1. The lowest BCUT2D eigenvalue weighted by Gasteiger charge is -2.44. The third-order valence-electron chi connectivity index (χ3n) is 10.1. The Morgan fingerprint density at radius 3 is 2.49 bits per heavy atom. The molecule has 1 aromatic carbocycles. The molecule has 3 fully saturated rings. The molecule has 2 atom stereocenters. The summed E-state index contributed by atoms with van der Waals surface area (Å²) in [5, 5.41) is 21.1. The summed E-state index contributed by atoms with van der Waals surface area (Å²) in [6.45, 7) is 1.21. The van der Waals surface area contributed by atoms with E-state index in [0.717, 1.165) is 56.1 Å². The number of amides is 5. The number of nitriles is 1. The second-order valence-electron chi connectivity index (χ2n) is 12.8. The molecule has 1 saturated heterocycles. The van der Waals surface area contributed by atoms with Crippen molar-refractivity contribution in [2.45, 2.75) is 69.4 Å². The van der Waals surface area contributed by atoms with E-state index in [4.69, 9.17) is 0 Å². The second kappa shape index (κ2) is 11.1. The maximum Gasteiger partial charge on any atom is 0.318 e. The average molecular weight is 586 g/mol. The number of benzene rings is 1. The summed E-state index contributed by atoms with van der Waals surface area (Å²) >= 11 is 0. The van der Waals surface area contributed by atoms with Gasteiger partial charge in [0.05, 0.1) is 0 Å². The number of nitrogens with zero attached hydrogens (tertiary/aromatic N) is 3. The van der Waals surface area contributed by atoms with Crippen LogP contribution in [-0.2, 0) is 29.5 Å². The molecule has 1 spiro atoms. The zero-order valence-corrected chi connectivity index (χ0v) is 24.8. The first-order valence-electron chi connectivity index (χ1n) is 15.3. The number of hydrogen-bond acceptors (Lipinski definition) is 5. The molecular weight excluding hydrogens is 546 g/mol. The largest absolute Gasteiger partial charge is 0.357 e. The van der Waals surface area contributed by atoms with E-state index in [9.17, 15) is 24.4 Å². The van der Waals surface area contributed by atoms with Crippen LogP contribution in [-0.4, -0.2) is 64.9 Å². The van der Waals surface area contributed by atoms with Gasteiger partial charge in [0.2, 0.25) is 11.8 Å². The van der Waals surface area contributed by atoms with Crippen molar-refractivity contribution in [3.05, 3.63) is 52.8 Å². The van der Waals surface area contributed by atoms with Crippen molar-refractivity contribution in [1.29, 1.82) is 5.26 Å². The number of fused-ring (bicyclic) bond motifs is 1. The highest BCUT2D eigenvalue weighted by molar-refractivity contribution is 6.01. The van der Waals surface area contributed by atoms with Crippen LogP contribution < -0.4 is 21.3 Å². The number of hydrogen-bond donors (Lipinski definition) is 4. The molecule has 11 nitrogen and oxygen atoms in total. The fourth-order valence-electron chi connectivity index (χ4n) is 7.27. The lowest BCUT2D eigenvalue weighted by atomic mass is 9.83. The normalized spacial score (nSPS) is 23.1. The zero-order valence-electron chi connectivity index (χ0n) is 24.8. The molecule has 1 aromatic heterocycles. The van der Waals surface area contributed by atoms with Gasteiger partial charge in [-0.15, -0.1) is 0 Å². The van der Waals surface area contributed by atoms with Crippen molar-refractivity contribution in [3.8, 4) is 6.07 Å². The van der Waals surface area contributed by atoms with Crippen LogP contribution in [0.5, 0.6) is 0 Å². The number of aromatic nitrogens is 1. The van der Waals surface area contributed by atoms with Crippen LogP contribution in [0.15, 0.2) is 30.3 Å². The highest BCUT2D eigenvalue weighted by Crippen LogP contribution is 2.49. The van der Waals surface area contributed by atoms with Crippen LogP contribution in [0, 0.1) is 22.7 Å². The molecule has 11 heteroatoms. The van der Waals surface area contributed by atoms with Gasteiger partial charge < -0.3 is 30.7 Å². The smallest absolute Gasteiger partial charge is 0.318 e. The molecule has 1 unspecified atom stereocenters. The van der Waals surface area contributed by atoms with Gasteiger partial charge in [-0.25, -0.2) is 4.79 Å². The number of carbonyl (C=O) groups excluding carboxylic acids is 4. The molecule has 6 rings (SSSR count). The summed E-state index contributed by atoms with van der Waals surface area (Å²) in [4.78, 5) is 55.2. The van der Waals surface area contributed by atoms with Gasteiger partial charge >= 0.3 is 6.03 Å². The van der Waals surface area contributed by atoms with Crippen molar-refractivity contribution in [2.24, 2.45) is 18.4 Å². The van der Waals surface area contributed by atoms with Crippen molar-refractivity contribution < 1.29 is 19.2 Å². The SMILES string of the molecule is CNC(=O)C1(N2CC3(CC3)CNC2=O)Cc2ccc(NC(=O)[C@@H](NC(=O)c3ccc(C#N)n3C)C3CCCCC3)cc2C1. The van der Waals surface area contributed by atoms with E-state index < -0.39 is 17.5 Å². The molecule has 2 aromatic rings. The van der Waals surface area contributed by atoms with E-state index in [1.165, 1.54) is 4.57 Å². The molecule has 1 aliphatic heterocycles. The Morgan fingerprint density at radius 2 is 1.81 bits per heavy atom. The predicted octanol–water partition coefficient (Wildman–Crippen LogP) is 2.60. The summed E-state index contributed by atoms with van der Waals surface area (Å²) in [7, 11) is 3.26. The van der Waals surface area contributed by atoms with Gasteiger partial charge in [0.15, 0.2) is 0 Å². The maximum absolute atomic E-state index is 13.8. The Bertz CT molecular complexity index is 1510. The summed E-state index contributed by atoms with van der Waals surface area (Å²) in [5.41, 5.74) is 2.17. The molecule has 43 heavy (non-hydrogen) atoms. The standard InChI is InChI=1S/C32H39N7O4/c1-34-29(42)32(39-19-31(12-13-31)18-35-30(39)43)15-21-8-9-23(14-22(21)16-32)36-28(41)26(20-6-4-3-5-7-20)37-27(40)25-11-10-24(17-33)38(25)2/h8-11,14,20,26H,3-7,12-13,15-16,18-19H2,1-2H3,(H,34,42)(H,35,43)(H,36,41)(H,37,40)/t26-,32?/m0/s1.